The molecule has 138 valence electrons. The van der Waals surface area contributed by atoms with Gasteiger partial charge in [-0.1, -0.05) is 18.2 Å². The summed E-state index contributed by atoms with van der Waals surface area (Å²) in [7, 11) is 0. The van der Waals surface area contributed by atoms with Gasteiger partial charge in [-0.25, -0.2) is 9.37 Å². The Hall–Kier alpha value is -2.99. The number of rotatable bonds is 6. The predicted molar refractivity (Wildman–Crippen MR) is 101 cm³/mol. The van der Waals surface area contributed by atoms with Gasteiger partial charge < -0.3 is 14.8 Å². The molecule has 0 spiro atoms. The van der Waals surface area contributed by atoms with E-state index in [0.29, 0.717) is 26.1 Å². The number of amides is 1. The minimum Gasteiger partial charge on any atom is -0.337 e. The molecule has 0 radical (unpaired) electrons. The summed E-state index contributed by atoms with van der Waals surface area (Å²) in [5.41, 5.74) is 2.03. The number of hydrogen-bond acceptors (Lipinski definition) is 3. The van der Waals surface area contributed by atoms with Crippen molar-refractivity contribution in [2.45, 2.75) is 25.6 Å². The first kappa shape index (κ1) is 17.4. The molecule has 6 heteroatoms. The van der Waals surface area contributed by atoms with E-state index in [9.17, 15) is 9.18 Å². The maximum absolute atomic E-state index is 13.0. The zero-order chi connectivity index (χ0) is 18.6. The summed E-state index contributed by atoms with van der Waals surface area (Å²) >= 11 is 0. The van der Waals surface area contributed by atoms with E-state index in [1.807, 2.05) is 39.9 Å². The lowest BCUT2D eigenvalue weighted by Gasteiger charge is -2.17. The molecule has 3 heterocycles. The number of aromatic nitrogens is 2. The second-order valence-electron chi connectivity index (χ2n) is 6.74. The second-order valence-corrected chi connectivity index (χ2v) is 6.74. The molecule has 4 rings (SSSR count). The molecule has 1 aromatic carbocycles. The van der Waals surface area contributed by atoms with Gasteiger partial charge in [0, 0.05) is 50.2 Å². The summed E-state index contributed by atoms with van der Waals surface area (Å²) in [6.45, 7) is 1.83. The van der Waals surface area contributed by atoms with Crippen LogP contribution in [0.25, 0.3) is 5.82 Å². The molecular weight excluding hydrogens is 343 g/mol. The smallest absolute Gasteiger partial charge is 0.224 e. The first-order chi connectivity index (χ1) is 13.2. The van der Waals surface area contributed by atoms with Crippen LogP contribution in [-0.2, 0) is 17.9 Å². The van der Waals surface area contributed by atoms with E-state index in [4.69, 9.17) is 0 Å². The summed E-state index contributed by atoms with van der Waals surface area (Å²) in [5, 5.41) is 3.48. The average Bonchev–Trinajstić information content (AvgIpc) is 3.29. The van der Waals surface area contributed by atoms with Gasteiger partial charge in [-0.3, -0.25) is 4.79 Å². The molecule has 27 heavy (non-hydrogen) atoms. The average molecular weight is 364 g/mol. The van der Waals surface area contributed by atoms with Crippen LogP contribution in [0.5, 0.6) is 0 Å². The highest BCUT2D eigenvalue weighted by molar-refractivity contribution is 5.79. The van der Waals surface area contributed by atoms with Crippen LogP contribution >= 0.6 is 0 Å². The molecular formula is C21H21FN4O. The Labute approximate surface area is 157 Å². The number of hydrogen-bond donors (Lipinski definition) is 1. The lowest BCUT2D eigenvalue weighted by atomic mass is 10.2. The van der Waals surface area contributed by atoms with Crippen LogP contribution in [-0.4, -0.2) is 32.9 Å². The fourth-order valence-electron chi connectivity index (χ4n) is 3.40. The number of benzene rings is 1. The van der Waals surface area contributed by atoms with Crippen LogP contribution in [0.1, 0.15) is 17.7 Å². The fourth-order valence-corrected chi connectivity index (χ4v) is 3.40. The second kappa shape index (κ2) is 7.72. The van der Waals surface area contributed by atoms with Gasteiger partial charge in [0.15, 0.2) is 0 Å². The zero-order valence-corrected chi connectivity index (χ0v) is 14.9. The number of nitrogens with one attached hydrogen (secondary N) is 1. The van der Waals surface area contributed by atoms with Crippen molar-refractivity contribution in [3.05, 3.63) is 84.1 Å². The summed E-state index contributed by atoms with van der Waals surface area (Å²) in [4.78, 5) is 18.5. The SMILES string of the molecule is O=C1C[C@@H](NCc2cccn2-c2ccccn2)CN1Cc1ccc(F)cc1. The van der Waals surface area contributed by atoms with Crippen LogP contribution in [0.3, 0.4) is 0 Å². The Morgan fingerprint density at radius 1 is 1.11 bits per heavy atom. The fraction of sp³-hybridized carbons (Fsp3) is 0.238. The molecule has 0 saturated carbocycles. The van der Waals surface area contributed by atoms with Crippen molar-refractivity contribution >= 4 is 5.91 Å². The normalized spacial score (nSPS) is 16.9. The van der Waals surface area contributed by atoms with Crippen molar-refractivity contribution in [2.75, 3.05) is 6.54 Å². The highest BCUT2D eigenvalue weighted by atomic mass is 19.1. The first-order valence-electron chi connectivity index (χ1n) is 9.02. The quantitative estimate of drug-likeness (QED) is 0.732. The minimum atomic E-state index is -0.262. The molecule has 1 atom stereocenters. The molecule has 1 aliphatic rings. The number of nitrogens with zero attached hydrogens (tertiary/aromatic N) is 3. The van der Waals surface area contributed by atoms with E-state index in [0.717, 1.165) is 17.1 Å². The Balaban J connectivity index is 1.36. The van der Waals surface area contributed by atoms with Crippen molar-refractivity contribution < 1.29 is 9.18 Å². The standard InChI is InChI=1S/C21H21FN4O/c22-17-8-6-16(7-9-17)14-25-15-18(12-21(25)27)24-13-19-4-3-11-26(19)20-5-1-2-10-23-20/h1-11,18,24H,12-15H2/t18-/m1/s1. The molecule has 2 aromatic heterocycles. The molecule has 0 bridgehead atoms. The maximum atomic E-state index is 13.0. The van der Waals surface area contributed by atoms with Gasteiger partial charge in [-0.2, -0.15) is 0 Å². The summed E-state index contributed by atoms with van der Waals surface area (Å²) < 4.78 is 15.1. The van der Waals surface area contributed by atoms with Crippen LogP contribution in [0.4, 0.5) is 4.39 Å². The zero-order valence-electron chi connectivity index (χ0n) is 14.9. The van der Waals surface area contributed by atoms with Crippen molar-refractivity contribution in [1.82, 2.24) is 19.8 Å². The molecule has 1 N–H and O–H groups in total. The first-order valence-corrected chi connectivity index (χ1v) is 9.02. The van der Waals surface area contributed by atoms with Gasteiger partial charge in [0.1, 0.15) is 11.6 Å². The van der Waals surface area contributed by atoms with Gasteiger partial charge in [-0.05, 0) is 42.0 Å². The third kappa shape index (κ3) is 4.06. The van der Waals surface area contributed by atoms with E-state index in [-0.39, 0.29) is 17.8 Å². The van der Waals surface area contributed by atoms with E-state index < -0.39 is 0 Å². The van der Waals surface area contributed by atoms with Crippen LogP contribution in [0, 0.1) is 5.82 Å². The Kier molecular flexibility index (Phi) is 4.98. The van der Waals surface area contributed by atoms with E-state index >= 15 is 0 Å². The summed E-state index contributed by atoms with van der Waals surface area (Å²) in [6.07, 6.45) is 4.24. The molecule has 0 aliphatic carbocycles. The van der Waals surface area contributed by atoms with Gasteiger partial charge in [0.25, 0.3) is 0 Å². The number of carbonyl (C=O) groups is 1. The van der Waals surface area contributed by atoms with Gasteiger partial charge in [-0.15, -0.1) is 0 Å². The van der Waals surface area contributed by atoms with Gasteiger partial charge in [0.2, 0.25) is 5.91 Å². The van der Waals surface area contributed by atoms with Crippen LogP contribution in [0.15, 0.2) is 67.0 Å². The molecule has 1 amide bonds. The molecule has 3 aromatic rings. The molecule has 5 nitrogen and oxygen atoms in total. The predicted octanol–water partition coefficient (Wildman–Crippen LogP) is 2.90. The van der Waals surface area contributed by atoms with E-state index in [2.05, 4.69) is 16.4 Å². The van der Waals surface area contributed by atoms with Crippen LogP contribution < -0.4 is 5.32 Å². The largest absolute Gasteiger partial charge is 0.337 e. The lowest BCUT2D eigenvalue weighted by Crippen LogP contribution is -2.32. The highest BCUT2D eigenvalue weighted by Crippen LogP contribution is 2.17. The highest BCUT2D eigenvalue weighted by Gasteiger charge is 2.29. The Morgan fingerprint density at radius 2 is 1.96 bits per heavy atom. The van der Waals surface area contributed by atoms with E-state index in [1.54, 1.807) is 18.3 Å². The minimum absolute atomic E-state index is 0.102. The van der Waals surface area contributed by atoms with Crippen molar-refractivity contribution in [3.63, 3.8) is 0 Å². The molecule has 1 fully saturated rings. The third-order valence-corrected chi connectivity index (χ3v) is 4.80. The lowest BCUT2D eigenvalue weighted by molar-refractivity contribution is -0.128. The summed E-state index contributed by atoms with van der Waals surface area (Å²) in [6, 6.07) is 16.3. The number of carbonyl (C=O) groups excluding carboxylic acids is 1. The Morgan fingerprint density at radius 3 is 2.74 bits per heavy atom. The number of halogens is 1. The van der Waals surface area contributed by atoms with Crippen molar-refractivity contribution in [1.29, 1.82) is 0 Å². The molecule has 0 unspecified atom stereocenters. The summed E-state index contributed by atoms with van der Waals surface area (Å²) in [5.74, 6) is 0.735. The molecule has 1 saturated heterocycles. The Bertz CT molecular complexity index is 907. The number of pyridine rings is 1. The number of likely N-dealkylation sites (tertiary alicyclic amines) is 1. The van der Waals surface area contributed by atoms with Crippen molar-refractivity contribution in [3.8, 4) is 5.82 Å². The van der Waals surface area contributed by atoms with Gasteiger partial charge in [0.05, 0.1) is 0 Å². The van der Waals surface area contributed by atoms with Crippen molar-refractivity contribution in [2.24, 2.45) is 0 Å². The van der Waals surface area contributed by atoms with Crippen LogP contribution in [0.2, 0.25) is 0 Å². The maximum Gasteiger partial charge on any atom is 0.224 e. The van der Waals surface area contributed by atoms with E-state index in [1.165, 1.54) is 12.1 Å². The monoisotopic (exact) mass is 364 g/mol. The molecule has 1 aliphatic heterocycles. The van der Waals surface area contributed by atoms with Gasteiger partial charge >= 0.3 is 0 Å². The third-order valence-electron chi connectivity index (χ3n) is 4.80. The topological polar surface area (TPSA) is 50.2 Å².